The van der Waals surface area contributed by atoms with Crippen LogP contribution in [-0.2, 0) is 11.3 Å². The first-order chi connectivity index (χ1) is 15.1. The van der Waals surface area contributed by atoms with Crippen LogP contribution in [0.3, 0.4) is 0 Å². The number of carbonyl (C=O) groups excluding carboxylic acids is 1. The fourth-order valence-electron chi connectivity index (χ4n) is 4.03. The Morgan fingerprint density at radius 1 is 1.23 bits per heavy atom. The number of hydrogen-bond acceptors (Lipinski definition) is 9. The number of thioether (sulfide) groups is 1. The average Bonchev–Trinajstić information content (AvgIpc) is 3.42. The lowest BCUT2D eigenvalue weighted by Crippen LogP contribution is -2.53. The second-order valence-electron chi connectivity index (χ2n) is 7.68. The lowest BCUT2D eigenvalue weighted by Gasteiger charge is -2.37. The van der Waals surface area contributed by atoms with E-state index in [0.29, 0.717) is 23.2 Å². The second kappa shape index (κ2) is 8.37. The number of aliphatic hydroxyl groups excluding tert-OH is 2. The van der Waals surface area contributed by atoms with E-state index >= 15 is 0 Å². The highest BCUT2D eigenvalue weighted by molar-refractivity contribution is 8.15. The van der Waals surface area contributed by atoms with Crippen molar-refractivity contribution in [3.8, 4) is 11.5 Å². The Morgan fingerprint density at radius 3 is 2.94 bits per heavy atom. The van der Waals surface area contributed by atoms with Gasteiger partial charge in [-0.3, -0.25) is 14.8 Å². The summed E-state index contributed by atoms with van der Waals surface area (Å²) in [4.78, 5) is 21.5. The zero-order chi connectivity index (χ0) is 21.4. The third kappa shape index (κ3) is 4.06. The molecular weight excluding hydrogens is 420 g/mol. The Hall–Kier alpha value is -2.82. The number of fused-ring (bicyclic) bond motifs is 2. The van der Waals surface area contributed by atoms with E-state index in [4.69, 9.17) is 9.47 Å². The Kier molecular flexibility index (Phi) is 5.43. The maximum atomic E-state index is 12.9. The van der Waals surface area contributed by atoms with Crippen molar-refractivity contribution in [3.63, 3.8) is 0 Å². The van der Waals surface area contributed by atoms with Gasteiger partial charge in [-0.15, -0.1) is 0 Å². The van der Waals surface area contributed by atoms with Crippen LogP contribution in [0, 0.1) is 5.92 Å². The summed E-state index contributed by atoms with van der Waals surface area (Å²) in [5.74, 6) is 0.681. The van der Waals surface area contributed by atoms with E-state index in [1.807, 2.05) is 30.3 Å². The quantitative estimate of drug-likeness (QED) is 0.555. The van der Waals surface area contributed by atoms with Gasteiger partial charge in [0.25, 0.3) is 0 Å². The van der Waals surface area contributed by atoms with Crippen molar-refractivity contribution in [1.29, 1.82) is 0 Å². The van der Waals surface area contributed by atoms with Crippen LogP contribution in [0.1, 0.15) is 12.0 Å². The van der Waals surface area contributed by atoms with Gasteiger partial charge in [-0.25, -0.2) is 0 Å². The van der Waals surface area contributed by atoms with Crippen LogP contribution in [0.15, 0.2) is 47.7 Å². The van der Waals surface area contributed by atoms with E-state index in [0.717, 1.165) is 11.3 Å². The maximum Gasteiger partial charge on any atom is 0.231 e. The maximum absolute atomic E-state index is 12.9. The number of rotatable bonds is 4. The number of pyridine rings is 1. The molecule has 0 radical (unpaired) electrons. The summed E-state index contributed by atoms with van der Waals surface area (Å²) in [6.07, 6.45) is 1.53. The van der Waals surface area contributed by atoms with Gasteiger partial charge in [-0.2, -0.15) is 0 Å². The smallest absolute Gasteiger partial charge is 0.231 e. The van der Waals surface area contributed by atoms with Gasteiger partial charge in [-0.05, 0) is 30.2 Å². The van der Waals surface area contributed by atoms with Gasteiger partial charge in [0.1, 0.15) is 6.10 Å². The average molecular weight is 442 g/mol. The van der Waals surface area contributed by atoms with Crippen molar-refractivity contribution in [2.45, 2.75) is 36.5 Å². The van der Waals surface area contributed by atoms with Crippen LogP contribution in [0.5, 0.6) is 11.5 Å². The molecule has 1 saturated carbocycles. The number of amides is 1. The van der Waals surface area contributed by atoms with Crippen LogP contribution >= 0.6 is 11.8 Å². The van der Waals surface area contributed by atoms with Gasteiger partial charge in [0.2, 0.25) is 12.7 Å². The Morgan fingerprint density at radius 2 is 2.10 bits per heavy atom. The van der Waals surface area contributed by atoms with Crippen LogP contribution in [0.2, 0.25) is 0 Å². The van der Waals surface area contributed by atoms with Gasteiger partial charge >= 0.3 is 0 Å². The number of aliphatic imine (C=N–C) groups is 1. The Labute approximate surface area is 182 Å². The molecule has 2 aromatic rings. The van der Waals surface area contributed by atoms with E-state index in [2.05, 4.69) is 20.6 Å². The van der Waals surface area contributed by atoms with Crippen molar-refractivity contribution >= 4 is 28.5 Å². The number of amidine groups is 1. The standard InChI is InChI=1S/C21H22N4O5S/c26-14-7-13(20(28)23-9-11-2-1-5-22-8-11)19-17(18(14)27)25-21(31-19)24-12-3-4-15-16(6-12)30-10-29-15/h1-6,8,13-14,17-19,26-27H,7,9-10H2,(H,23,28)(H,24,25). The van der Waals surface area contributed by atoms with Crippen molar-refractivity contribution in [2.75, 3.05) is 12.1 Å². The molecule has 5 atom stereocenters. The minimum Gasteiger partial charge on any atom is -0.454 e. The first kappa shape index (κ1) is 20.1. The highest BCUT2D eigenvalue weighted by atomic mass is 32.2. The summed E-state index contributed by atoms with van der Waals surface area (Å²) in [5, 5.41) is 27.3. The fraction of sp³-hybridized carbons (Fsp3) is 0.381. The molecule has 1 aromatic heterocycles. The molecule has 162 valence electrons. The molecule has 2 aliphatic heterocycles. The first-order valence-corrected chi connectivity index (χ1v) is 10.9. The van der Waals surface area contributed by atoms with E-state index in [1.165, 1.54) is 11.8 Å². The number of anilines is 1. The number of nitrogens with one attached hydrogen (secondary N) is 2. The van der Waals surface area contributed by atoms with Gasteiger partial charge in [0.15, 0.2) is 16.7 Å². The summed E-state index contributed by atoms with van der Waals surface area (Å²) in [6, 6.07) is 8.60. The van der Waals surface area contributed by atoms with E-state index < -0.39 is 24.2 Å². The zero-order valence-electron chi connectivity index (χ0n) is 16.5. The third-order valence-corrected chi connectivity index (χ3v) is 6.95. The van der Waals surface area contributed by atoms with Crippen molar-refractivity contribution in [1.82, 2.24) is 10.3 Å². The van der Waals surface area contributed by atoms with Crippen LogP contribution in [0.4, 0.5) is 5.69 Å². The lowest BCUT2D eigenvalue weighted by atomic mass is 9.81. The van der Waals surface area contributed by atoms with Gasteiger partial charge in [-0.1, -0.05) is 17.8 Å². The molecule has 3 aliphatic rings. The first-order valence-electron chi connectivity index (χ1n) is 10.0. The largest absolute Gasteiger partial charge is 0.454 e. The Bertz CT molecular complexity index is 1000. The minimum atomic E-state index is -1.02. The molecule has 0 bridgehead atoms. The third-order valence-electron chi connectivity index (χ3n) is 5.64. The summed E-state index contributed by atoms with van der Waals surface area (Å²) in [5.41, 5.74) is 1.66. The summed E-state index contributed by atoms with van der Waals surface area (Å²) < 4.78 is 10.7. The molecule has 3 heterocycles. The molecule has 4 N–H and O–H groups in total. The molecule has 31 heavy (non-hydrogen) atoms. The van der Waals surface area contributed by atoms with Gasteiger partial charge in [0.05, 0.1) is 18.1 Å². The molecule has 9 nitrogen and oxygen atoms in total. The van der Waals surface area contributed by atoms with Crippen molar-refractivity contribution in [3.05, 3.63) is 48.3 Å². The lowest BCUT2D eigenvalue weighted by molar-refractivity contribution is -0.129. The number of benzene rings is 1. The van der Waals surface area contributed by atoms with Crippen molar-refractivity contribution < 1.29 is 24.5 Å². The number of hydrogen-bond donors (Lipinski definition) is 4. The summed E-state index contributed by atoms with van der Waals surface area (Å²) in [6.45, 7) is 0.547. The highest BCUT2D eigenvalue weighted by Crippen LogP contribution is 2.42. The minimum absolute atomic E-state index is 0.170. The predicted octanol–water partition coefficient (Wildman–Crippen LogP) is 1.12. The molecule has 5 rings (SSSR count). The number of nitrogens with zero attached hydrogens (tertiary/aromatic N) is 2. The van der Waals surface area contributed by atoms with Gasteiger partial charge < -0.3 is 30.3 Å². The normalized spacial score (nSPS) is 28.6. The van der Waals surface area contributed by atoms with E-state index in [-0.39, 0.29) is 24.4 Å². The predicted molar refractivity (Wildman–Crippen MR) is 115 cm³/mol. The van der Waals surface area contributed by atoms with Gasteiger partial charge in [0, 0.05) is 35.9 Å². The number of aliphatic hydroxyl groups is 2. The van der Waals surface area contributed by atoms with Crippen molar-refractivity contribution in [2.24, 2.45) is 10.9 Å². The molecular formula is C21H22N4O5S. The van der Waals surface area contributed by atoms with Crippen LogP contribution in [-0.4, -0.2) is 56.6 Å². The monoisotopic (exact) mass is 442 g/mol. The summed E-state index contributed by atoms with van der Waals surface area (Å²) in [7, 11) is 0. The topological polar surface area (TPSA) is 125 Å². The molecule has 1 aliphatic carbocycles. The molecule has 0 spiro atoms. The SMILES string of the molecule is O=C(NCc1cccnc1)C1CC(O)C(O)C2N=C(Nc3ccc4c(c3)OCO4)SC12. The number of aromatic nitrogens is 1. The molecule has 0 saturated heterocycles. The fourth-order valence-corrected chi connectivity index (χ4v) is 5.41. The second-order valence-corrected chi connectivity index (χ2v) is 8.85. The zero-order valence-corrected chi connectivity index (χ0v) is 17.3. The van der Waals surface area contributed by atoms with Crippen LogP contribution in [0.25, 0.3) is 0 Å². The Balaban J connectivity index is 1.28. The summed E-state index contributed by atoms with van der Waals surface area (Å²) >= 11 is 1.41. The molecule has 1 aromatic carbocycles. The van der Waals surface area contributed by atoms with Crippen LogP contribution < -0.4 is 20.1 Å². The molecule has 1 fully saturated rings. The number of ether oxygens (including phenoxy) is 2. The van der Waals surface area contributed by atoms with E-state index in [1.54, 1.807) is 12.4 Å². The molecule has 5 unspecified atom stereocenters. The van der Waals surface area contributed by atoms with E-state index in [9.17, 15) is 15.0 Å². The number of carbonyl (C=O) groups is 1. The molecule has 1 amide bonds. The highest BCUT2D eigenvalue weighted by Gasteiger charge is 2.50. The molecule has 10 heteroatoms.